The number of anilines is 2. The number of carbonyl (C=O) groups is 2. The van der Waals surface area contributed by atoms with Crippen LogP contribution >= 0.6 is 23.4 Å². The zero-order valence-corrected chi connectivity index (χ0v) is 16.4. The number of rotatable bonds is 7. The highest BCUT2D eigenvalue weighted by Gasteiger charge is 2.16. The molecule has 0 aliphatic carbocycles. The maximum absolute atomic E-state index is 12.2. The molecule has 26 heavy (non-hydrogen) atoms. The number of nitrogens with one attached hydrogen (secondary N) is 2. The molecular weight excluding hydrogens is 372 g/mol. The molecule has 2 rings (SSSR count). The molecule has 0 radical (unpaired) electrons. The minimum Gasteiger partial charge on any atom is -0.497 e. The van der Waals surface area contributed by atoms with E-state index in [0.717, 1.165) is 11.3 Å². The van der Waals surface area contributed by atoms with E-state index in [0.29, 0.717) is 16.4 Å². The summed E-state index contributed by atoms with van der Waals surface area (Å²) in [5.41, 5.74) is 2.27. The summed E-state index contributed by atoms with van der Waals surface area (Å²) in [6.45, 7) is 3.66. The topological polar surface area (TPSA) is 67.4 Å². The lowest BCUT2D eigenvalue weighted by molar-refractivity contribution is -0.115. The molecule has 2 aromatic rings. The molecule has 0 unspecified atom stereocenters. The maximum Gasteiger partial charge on any atom is 0.237 e. The summed E-state index contributed by atoms with van der Waals surface area (Å²) in [7, 11) is 1.58. The van der Waals surface area contributed by atoms with E-state index < -0.39 is 0 Å². The van der Waals surface area contributed by atoms with Gasteiger partial charge in [0.2, 0.25) is 11.8 Å². The lowest BCUT2D eigenvalue weighted by atomic mass is 10.2. The third-order valence-electron chi connectivity index (χ3n) is 3.65. The van der Waals surface area contributed by atoms with Gasteiger partial charge < -0.3 is 15.4 Å². The molecular formula is C19H21ClN2O3S. The van der Waals surface area contributed by atoms with E-state index in [2.05, 4.69) is 10.6 Å². The molecule has 1 atom stereocenters. The van der Waals surface area contributed by atoms with E-state index in [9.17, 15) is 9.59 Å². The first kappa shape index (κ1) is 20.1. The van der Waals surface area contributed by atoms with Crippen molar-refractivity contribution in [1.29, 1.82) is 0 Å². The van der Waals surface area contributed by atoms with Crippen LogP contribution in [0.1, 0.15) is 12.5 Å². The van der Waals surface area contributed by atoms with Crippen molar-refractivity contribution in [2.75, 3.05) is 23.5 Å². The second-order valence-electron chi connectivity index (χ2n) is 5.68. The molecule has 0 aromatic heterocycles. The molecule has 0 heterocycles. The van der Waals surface area contributed by atoms with Gasteiger partial charge in [0, 0.05) is 16.4 Å². The molecule has 2 amide bonds. The second kappa shape index (κ2) is 9.50. The average molecular weight is 393 g/mol. The van der Waals surface area contributed by atoms with E-state index >= 15 is 0 Å². The number of ether oxygens (including phenoxy) is 1. The van der Waals surface area contributed by atoms with Crippen LogP contribution in [0.25, 0.3) is 0 Å². The summed E-state index contributed by atoms with van der Waals surface area (Å²) >= 11 is 7.32. The van der Waals surface area contributed by atoms with Crippen LogP contribution in [-0.4, -0.2) is 29.9 Å². The number of thioether (sulfide) groups is 1. The fraction of sp³-hybridized carbons (Fsp3) is 0.263. The number of aryl methyl sites for hydroxylation is 1. The summed E-state index contributed by atoms with van der Waals surface area (Å²) in [6, 6.07) is 12.4. The molecule has 0 fully saturated rings. The molecule has 0 aliphatic heterocycles. The number of benzene rings is 2. The Morgan fingerprint density at radius 1 is 1.12 bits per heavy atom. The maximum atomic E-state index is 12.2. The summed E-state index contributed by atoms with van der Waals surface area (Å²) < 4.78 is 5.07. The molecule has 0 saturated carbocycles. The third-order valence-corrected chi connectivity index (χ3v) is 5.20. The van der Waals surface area contributed by atoms with Gasteiger partial charge in [0.25, 0.3) is 0 Å². The van der Waals surface area contributed by atoms with Crippen molar-refractivity contribution in [3.05, 3.63) is 53.1 Å². The Bertz CT molecular complexity index is 781. The van der Waals surface area contributed by atoms with Gasteiger partial charge in [0.15, 0.2) is 0 Å². The highest BCUT2D eigenvalue weighted by molar-refractivity contribution is 8.01. The van der Waals surface area contributed by atoms with Crippen molar-refractivity contribution in [1.82, 2.24) is 0 Å². The van der Waals surface area contributed by atoms with Crippen molar-refractivity contribution < 1.29 is 14.3 Å². The van der Waals surface area contributed by atoms with Gasteiger partial charge in [-0.05, 0) is 55.8 Å². The quantitative estimate of drug-likeness (QED) is 0.734. The minimum atomic E-state index is -0.378. The molecule has 0 aliphatic rings. The molecule has 0 bridgehead atoms. The number of amides is 2. The molecule has 0 spiro atoms. The molecule has 5 nitrogen and oxygen atoms in total. The summed E-state index contributed by atoms with van der Waals surface area (Å²) in [6.07, 6.45) is 0. The van der Waals surface area contributed by atoms with Gasteiger partial charge in [-0.2, -0.15) is 0 Å². The van der Waals surface area contributed by atoms with Gasteiger partial charge in [-0.15, -0.1) is 11.8 Å². The van der Waals surface area contributed by atoms with Crippen molar-refractivity contribution in [3.63, 3.8) is 0 Å². The van der Waals surface area contributed by atoms with Crippen LogP contribution in [0.15, 0.2) is 42.5 Å². The smallest absolute Gasteiger partial charge is 0.237 e. The zero-order chi connectivity index (χ0) is 19.1. The highest BCUT2D eigenvalue weighted by atomic mass is 35.5. The van der Waals surface area contributed by atoms with Crippen LogP contribution < -0.4 is 15.4 Å². The molecule has 0 saturated heterocycles. The predicted octanol–water partition coefficient (Wildman–Crippen LogP) is 4.36. The first-order valence-corrected chi connectivity index (χ1v) is 9.44. The van der Waals surface area contributed by atoms with Crippen LogP contribution in [0.3, 0.4) is 0 Å². The van der Waals surface area contributed by atoms with Crippen molar-refractivity contribution in [2.45, 2.75) is 19.1 Å². The van der Waals surface area contributed by atoms with Gasteiger partial charge in [-0.1, -0.05) is 17.7 Å². The summed E-state index contributed by atoms with van der Waals surface area (Å²) in [4.78, 5) is 24.3. The SMILES string of the molecule is COc1ccc(NC(=O)CS[C@@H](C)C(=O)Nc2ccc(C)c(Cl)c2)cc1. The van der Waals surface area contributed by atoms with Crippen LogP contribution in [0, 0.1) is 6.92 Å². The molecule has 2 N–H and O–H groups in total. The van der Waals surface area contributed by atoms with Crippen LogP contribution in [0.5, 0.6) is 5.75 Å². The van der Waals surface area contributed by atoms with Gasteiger partial charge in [0.05, 0.1) is 18.1 Å². The summed E-state index contributed by atoms with van der Waals surface area (Å²) in [5.74, 6) is 0.555. The zero-order valence-electron chi connectivity index (χ0n) is 14.8. The largest absolute Gasteiger partial charge is 0.497 e. The van der Waals surface area contributed by atoms with E-state index in [1.807, 2.05) is 13.0 Å². The fourth-order valence-corrected chi connectivity index (χ4v) is 2.93. The average Bonchev–Trinajstić information content (AvgIpc) is 2.63. The second-order valence-corrected chi connectivity index (χ2v) is 7.42. The Kier molecular flexibility index (Phi) is 7.36. The molecule has 138 valence electrons. The minimum absolute atomic E-state index is 0.168. The van der Waals surface area contributed by atoms with Gasteiger partial charge >= 0.3 is 0 Å². The third kappa shape index (κ3) is 5.97. The van der Waals surface area contributed by atoms with E-state index in [-0.39, 0.29) is 22.8 Å². The van der Waals surface area contributed by atoms with Gasteiger partial charge in [0.1, 0.15) is 5.75 Å². The predicted molar refractivity (Wildman–Crippen MR) is 108 cm³/mol. The van der Waals surface area contributed by atoms with Crippen LogP contribution in [-0.2, 0) is 9.59 Å². The van der Waals surface area contributed by atoms with E-state index in [1.54, 1.807) is 50.4 Å². The Labute approximate surface area is 162 Å². The van der Waals surface area contributed by atoms with Crippen molar-refractivity contribution >= 4 is 46.6 Å². The molecule has 2 aromatic carbocycles. The number of hydrogen-bond donors (Lipinski definition) is 2. The standard InChI is InChI=1S/C19H21ClN2O3S/c1-12-4-5-15(10-17(12)20)22-19(24)13(2)26-11-18(23)21-14-6-8-16(25-3)9-7-14/h4-10,13H,11H2,1-3H3,(H,21,23)(H,22,24)/t13-/m0/s1. The Hall–Kier alpha value is -2.18. The van der Waals surface area contributed by atoms with Crippen molar-refractivity contribution in [2.24, 2.45) is 0 Å². The Morgan fingerprint density at radius 2 is 1.77 bits per heavy atom. The number of methoxy groups -OCH3 is 1. The van der Waals surface area contributed by atoms with Gasteiger partial charge in [-0.25, -0.2) is 0 Å². The fourth-order valence-electron chi connectivity index (χ4n) is 2.06. The first-order valence-electron chi connectivity index (χ1n) is 8.01. The van der Waals surface area contributed by atoms with E-state index in [4.69, 9.17) is 16.3 Å². The van der Waals surface area contributed by atoms with Crippen LogP contribution in [0.2, 0.25) is 5.02 Å². The van der Waals surface area contributed by atoms with E-state index in [1.165, 1.54) is 11.8 Å². The summed E-state index contributed by atoms with van der Waals surface area (Å²) in [5, 5.41) is 5.81. The number of halogens is 1. The Balaban J connectivity index is 1.80. The van der Waals surface area contributed by atoms with Crippen LogP contribution in [0.4, 0.5) is 11.4 Å². The monoisotopic (exact) mass is 392 g/mol. The van der Waals surface area contributed by atoms with Crippen molar-refractivity contribution in [3.8, 4) is 5.75 Å². The lowest BCUT2D eigenvalue weighted by Gasteiger charge is -2.13. The Morgan fingerprint density at radius 3 is 2.38 bits per heavy atom. The first-order chi connectivity index (χ1) is 12.4. The molecule has 7 heteroatoms. The van der Waals surface area contributed by atoms with Gasteiger partial charge in [-0.3, -0.25) is 9.59 Å². The normalized spacial score (nSPS) is 11.5. The number of hydrogen-bond acceptors (Lipinski definition) is 4. The highest BCUT2D eigenvalue weighted by Crippen LogP contribution is 2.21. The lowest BCUT2D eigenvalue weighted by Crippen LogP contribution is -2.25. The number of carbonyl (C=O) groups excluding carboxylic acids is 2.